The second-order valence-electron chi connectivity index (χ2n) is 5.40. The molecule has 19 heavy (non-hydrogen) atoms. The lowest BCUT2D eigenvalue weighted by molar-refractivity contribution is -0.0399. The summed E-state index contributed by atoms with van der Waals surface area (Å²) in [5, 5.41) is 3.49. The highest BCUT2D eigenvalue weighted by Crippen LogP contribution is 2.19. The van der Waals surface area contributed by atoms with Gasteiger partial charge in [-0.3, -0.25) is 4.98 Å². The maximum Gasteiger partial charge on any atom is 0.0891 e. The van der Waals surface area contributed by atoms with Crippen molar-refractivity contribution in [3.8, 4) is 0 Å². The van der Waals surface area contributed by atoms with Crippen LogP contribution in [-0.2, 0) is 22.6 Å². The second kappa shape index (κ2) is 6.46. The molecule has 1 N–H and O–H groups in total. The van der Waals surface area contributed by atoms with Gasteiger partial charge in [0, 0.05) is 25.8 Å². The van der Waals surface area contributed by atoms with Gasteiger partial charge < -0.3 is 14.8 Å². The van der Waals surface area contributed by atoms with Gasteiger partial charge in [0.25, 0.3) is 0 Å². The van der Waals surface area contributed by atoms with E-state index in [0.717, 1.165) is 50.0 Å². The summed E-state index contributed by atoms with van der Waals surface area (Å²) >= 11 is 0. The van der Waals surface area contributed by atoms with E-state index in [0.29, 0.717) is 12.7 Å². The monoisotopic (exact) mass is 262 g/mol. The summed E-state index contributed by atoms with van der Waals surface area (Å²) in [6, 6.07) is 6.91. The highest BCUT2D eigenvalue weighted by Gasteiger charge is 2.20. The number of ether oxygens (including phenoxy) is 2. The molecule has 1 aliphatic heterocycles. The zero-order valence-electron chi connectivity index (χ0n) is 11.3. The first-order valence-corrected chi connectivity index (χ1v) is 7.28. The first-order valence-electron chi connectivity index (χ1n) is 7.28. The lowest BCUT2D eigenvalue weighted by Crippen LogP contribution is -2.23. The highest BCUT2D eigenvalue weighted by atomic mass is 16.5. The molecule has 0 atom stereocenters. The lowest BCUT2D eigenvalue weighted by Gasteiger charge is -2.22. The van der Waals surface area contributed by atoms with Gasteiger partial charge in [-0.05, 0) is 37.8 Å². The van der Waals surface area contributed by atoms with Crippen molar-refractivity contribution in [3.63, 3.8) is 0 Å². The molecule has 0 radical (unpaired) electrons. The third kappa shape index (κ3) is 4.27. The van der Waals surface area contributed by atoms with E-state index in [1.54, 1.807) is 0 Å². The molecule has 2 fully saturated rings. The van der Waals surface area contributed by atoms with Crippen molar-refractivity contribution < 1.29 is 9.47 Å². The van der Waals surface area contributed by atoms with Crippen molar-refractivity contribution in [2.24, 2.45) is 0 Å². The van der Waals surface area contributed by atoms with Crippen molar-refractivity contribution in [2.75, 3.05) is 13.2 Å². The molecule has 4 nitrogen and oxygen atoms in total. The largest absolute Gasteiger partial charge is 0.381 e. The number of nitrogens with one attached hydrogen (secondary N) is 1. The van der Waals surface area contributed by atoms with Crippen molar-refractivity contribution >= 4 is 0 Å². The fraction of sp³-hybridized carbons (Fsp3) is 0.667. The van der Waals surface area contributed by atoms with Crippen LogP contribution in [0.2, 0.25) is 0 Å². The van der Waals surface area contributed by atoms with Crippen molar-refractivity contribution in [2.45, 2.75) is 51.0 Å². The van der Waals surface area contributed by atoms with Crippen LogP contribution in [0.25, 0.3) is 0 Å². The lowest BCUT2D eigenvalue weighted by atomic mass is 10.1. The van der Waals surface area contributed by atoms with Gasteiger partial charge in [-0.15, -0.1) is 0 Å². The zero-order chi connectivity index (χ0) is 12.9. The molecule has 1 aliphatic carbocycles. The topological polar surface area (TPSA) is 43.4 Å². The fourth-order valence-electron chi connectivity index (χ4n) is 2.29. The Balaban J connectivity index is 1.47. The van der Waals surface area contributed by atoms with E-state index in [1.807, 2.05) is 6.07 Å². The molecule has 2 heterocycles. The van der Waals surface area contributed by atoms with Gasteiger partial charge in [-0.25, -0.2) is 0 Å². The van der Waals surface area contributed by atoms with E-state index < -0.39 is 0 Å². The average molecular weight is 262 g/mol. The molecule has 4 heteroatoms. The SMILES string of the molecule is c1cc(CNC2CC2)nc(COC2CCOCC2)c1. The van der Waals surface area contributed by atoms with Crippen molar-refractivity contribution in [3.05, 3.63) is 29.6 Å². The Hall–Kier alpha value is -0.970. The van der Waals surface area contributed by atoms with E-state index in [9.17, 15) is 0 Å². The van der Waals surface area contributed by atoms with Gasteiger partial charge in [0.2, 0.25) is 0 Å². The Bertz CT molecular complexity index is 401. The Kier molecular flexibility index (Phi) is 4.43. The second-order valence-corrected chi connectivity index (χ2v) is 5.40. The molecule has 1 aromatic heterocycles. The summed E-state index contributed by atoms with van der Waals surface area (Å²) < 4.78 is 11.2. The third-order valence-corrected chi connectivity index (χ3v) is 3.65. The zero-order valence-corrected chi connectivity index (χ0v) is 11.3. The fourth-order valence-corrected chi connectivity index (χ4v) is 2.29. The van der Waals surface area contributed by atoms with E-state index in [4.69, 9.17) is 9.47 Å². The van der Waals surface area contributed by atoms with Crippen LogP contribution in [-0.4, -0.2) is 30.3 Å². The number of hydrogen-bond acceptors (Lipinski definition) is 4. The van der Waals surface area contributed by atoms with E-state index in [1.165, 1.54) is 12.8 Å². The summed E-state index contributed by atoms with van der Waals surface area (Å²) in [4.78, 5) is 4.64. The highest BCUT2D eigenvalue weighted by molar-refractivity contribution is 5.11. The van der Waals surface area contributed by atoms with Gasteiger partial charge in [-0.1, -0.05) is 6.07 Å². The summed E-state index contributed by atoms with van der Waals surface area (Å²) in [5.41, 5.74) is 2.14. The molecule has 0 aromatic carbocycles. The number of pyridine rings is 1. The van der Waals surface area contributed by atoms with E-state index in [2.05, 4.69) is 22.4 Å². The minimum atomic E-state index is 0.337. The summed E-state index contributed by atoms with van der Waals surface area (Å²) in [5.74, 6) is 0. The Labute approximate surface area is 114 Å². The smallest absolute Gasteiger partial charge is 0.0891 e. The van der Waals surface area contributed by atoms with Crippen LogP contribution in [0.5, 0.6) is 0 Å². The van der Waals surface area contributed by atoms with Crippen LogP contribution >= 0.6 is 0 Å². The molecule has 1 saturated carbocycles. The molecule has 0 bridgehead atoms. The van der Waals surface area contributed by atoms with Gasteiger partial charge in [0.1, 0.15) is 0 Å². The summed E-state index contributed by atoms with van der Waals surface area (Å²) in [6.07, 6.45) is 4.97. The maximum atomic E-state index is 5.90. The normalized spacial score (nSPS) is 20.6. The Morgan fingerprint density at radius 1 is 1.16 bits per heavy atom. The molecular formula is C15H22N2O2. The molecular weight excluding hydrogens is 240 g/mol. The molecule has 2 aliphatic rings. The minimum absolute atomic E-state index is 0.337. The van der Waals surface area contributed by atoms with Crippen molar-refractivity contribution in [1.82, 2.24) is 10.3 Å². The molecule has 0 unspecified atom stereocenters. The average Bonchev–Trinajstić information content (AvgIpc) is 3.29. The number of nitrogens with zero attached hydrogens (tertiary/aromatic N) is 1. The first kappa shape index (κ1) is 13.0. The van der Waals surface area contributed by atoms with Crippen LogP contribution in [0.1, 0.15) is 37.1 Å². The predicted molar refractivity (Wildman–Crippen MR) is 72.7 cm³/mol. The van der Waals surface area contributed by atoms with Crippen molar-refractivity contribution in [1.29, 1.82) is 0 Å². The Morgan fingerprint density at radius 3 is 2.74 bits per heavy atom. The molecule has 3 rings (SSSR count). The quantitative estimate of drug-likeness (QED) is 0.852. The van der Waals surface area contributed by atoms with E-state index >= 15 is 0 Å². The molecule has 1 aromatic rings. The van der Waals surface area contributed by atoms with E-state index in [-0.39, 0.29) is 0 Å². The van der Waals surface area contributed by atoms with Crippen LogP contribution in [0.4, 0.5) is 0 Å². The van der Waals surface area contributed by atoms with Crippen LogP contribution < -0.4 is 5.32 Å². The molecule has 1 saturated heterocycles. The van der Waals surface area contributed by atoms with Gasteiger partial charge in [0.15, 0.2) is 0 Å². The number of aromatic nitrogens is 1. The van der Waals surface area contributed by atoms with Gasteiger partial charge in [0.05, 0.1) is 24.1 Å². The van der Waals surface area contributed by atoms with Crippen LogP contribution in [0, 0.1) is 0 Å². The van der Waals surface area contributed by atoms with Gasteiger partial charge >= 0.3 is 0 Å². The summed E-state index contributed by atoms with van der Waals surface area (Å²) in [6.45, 7) is 3.13. The van der Waals surface area contributed by atoms with Crippen LogP contribution in [0.15, 0.2) is 18.2 Å². The number of hydrogen-bond donors (Lipinski definition) is 1. The van der Waals surface area contributed by atoms with Gasteiger partial charge in [-0.2, -0.15) is 0 Å². The molecule has 0 amide bonds. The minimum Gasteiger partial charge on any atom is -0.381 e. The first-order chi connectivity index (χ1) is 9.40. The molecule has 0 spiro atoms. The van der Waals surface area contributed by atoms with Crippen LogP contribution in [0.3, 0.4) is 0 Å². The maximum absolute atomic E-state index is 5.90. The predicted octanol–water partition coefficient (Wildman–Crippen LogP) is 2.03. The standard InChI is InChI=1S/C15H22N2O2/c1-2-13(10-16-12-4-5-12)17-14(3-1)11-19-15-6-8-18-9-7-15/h1-3,12,15-16H,4-11H2. The Morgan fingerprint density at radius 2 is 1.95 bits per heavy atom. The summed E-state index contributed by atoms with van der Waals surface area (Å²) in [7, 11) is 0. The third-order valence-electron chi connectivity index (χ3n) is 3.65. The molecule has 104 valence electrons. The number of rotatable bonds is 6.